The molecule has 0 aromatic heterocycles. The van der Waals surface area contributed by atoms with Crippen molar-refractivity contribution in [2.24, 2.45) is 11.3 Å². The normalized spacial score (nSPS) is 27.3. The third kappa shape index (κ3) is 3.07. The van der Waals surface area contributed by atoms with E-state index in [2.05, 4.69) is 11.8 Å². The van der Waals surface area contributed by atoms with Crippen LogP contribution in [0.3, 0.4) is 0 Å². The van der Waals surface area contributed by atoms with E-state index >= 15 is 0 Å². The predicted molar refractivity (Wildman–Crippen MR) is 91.6 cm³/mol. The number of carbonyl (C=O) groups excluding carboxylic acids is 1. The summed E-state index contributed by atoms with van der Waals surface area (Å²) in [7, 11) is 1.75. The van der Waals surface area contributed by atoms with Crippen LogP contribution in [0.2, 0.25) is 0 Å². The first-order valence-corrected chi connectivity index (χ1v) is 8.76. The highest BCUT2D eigenvalue weighted by Crippen LogP contribution is 2.44. The molecule has 24 heavy (non-hydrogen) atoms. The maximum atomic E-state index is 13.3. The summed E-state index contributed by atoms with van der Waals surface area (Å²) in [6.45, 7) is 9.38. The van der Waals surface area contributed by atoms with E-state index in [1.807, 2.05) is 4.90 Å². The number of likely N-dealkylation sites (tertiary alicyclic amines) is 2. The SMILES string of the molecule is CCN1C[C@H](COC)[C@@]2(CCN(C(=O)c3ccc(F)cc3C)C2)C1. The Bertz CT molecular complexity index is 621. The first-order chi connectivity index (χ1) is 11.5. The maximum Gasteiger partial charge on any atom is 0.254 e. The predicted octanol–water partition coefficient (Wildman–Crippen LogP) is 2.56. The smallest absolute Gasteiger partial charge is 0.254 e. The van der Waals surface area contributed by atoms with Crippen molar-refractivity contribution in [3.63, 3.8) is 0 Å². The van der Waals surface area contributed by atoms with Gasteiger partial charge in [0.2, 0.25) is 0 Å². The molecule has 3 rings (SSSR count). The molecular formula is C19H27FN2O2. The van der Waals surface area contributed by atoms with Gasteiger partial charge >= 0.3 is 0 Å². The zero-order valence-corrected chi connectivity index (χ0v) is 14.8. The molecule has 1 aromatic rings. The van der Waals surface area contributed by atoms with Gasteiger partial charge in [-0.3, -0.25) is 4.79 Å². The summed E-state index contributed by atoms with van der Waals surface area (Å²) in [6.07, 6.45) is 1.02. The zero-order chi connectivity index (χ0) is 17.3. The van der Waals surface area contributed by atoms with E-state index in [9.17, 15) is 9.18 Å². The Hall–Kier alpha value is -1.46. The number of rotatable bonds is 4. The molecule has 0 aliphatic carbocycles. The molecule has 2 heterocycles. The lowest BCUT2D eigenvalue weighted by atomic mass is 9.77. The third-order valence-electron chi connectivity index (χ3n) is 5.79. The maximum absolute atomic E-state index is 13.3. The van der Waals surface area contributed by atoms with Crippen molar-refractivity contribution in [3.8, 4) is 0 Å². The van der Waals surface area contributed by atoms with Gasteiger partial charge in [-0.1, -0.05) is 6.92 Å². The molecule has 0 radical (unpaired) electrons. The molecule has 1 aromatic carbocycles. The fraction of sp³-hybridized carbons (Fsp3) is 0.632. The van der Waals surface area contributed by atoms with Gasteiger partial charge in [0.05, 0.1) is 6.61 Å². The number of benzene rings is 1. The molecule has 2 saturated heterocycles. The van der Waals surface area contributed by atoms with E-state index in [-0.39, 0.29) is 17.1 Å². The Labute approximate surface area is 143 Å². The average molecular weight is 334 g/mol. The molecule has 2 fully saturated rings. The van der Waals surface area contributed by atoms with Crippen molar-refractivity contribution in [3.05, 3.63) is 35.1 Å². The summed E-state index contributed by atoms with van der Waals surface area (Å²) < 4.78 is 18.7. The van der Waals surface area contributed by atoms with Crippen molar-refractivity contribution >= 4 is 5.91 Å². The number of carbonyl (C=O) groups is 1. The third-order valence-corrected chi connectivity index (χ3v) is 5.79. The van der Waals surface area contributed by atoms with Crippen LogP contribution < -0.4 is 0 Å². The number of methoxy groups -OCH3 is 1. The number of hydrogen-bond donors (Lipinski definition) is 0. The quantitative estimate of drug-likeness (QED) is 0.848. The van der Waals surface area contributed by atoms with Crippen molar-refractivity contribution in [2.75, 3.05) is 46.4 Å². The standard InChI is InChI=1S/C19H27FN2O2/c1-4-21-10-15(11-24-3)19(12-21)7-8-22(13-19)18(23)17-6-5-16(20)9-14(17)2/h5-6,9,15H,4,7-8,10-13H2,1-3H3/t15-,19+/m1/s1. The highest BCUT2D eigenvalue weighted by molar-refractivity contribution is 5.95. The van der Waals surface area contributed by atoms with Crippen LogP contribution in [0.1, 0.15) is 29.3 Å². The van der Waals surface area contributed by atoms with Crippen molar-refractivity contribution in [2.45, 2.75) is 20.3 Å². The van der Waals surface area contributed by atoms with Gasteiger partial charge in [0.1, 0.15) is 5.82 Å². The van der Waals surface area contributed by atoms with Gasteiger partial charge in [0.15, 0.2) is 0 Å². The number of amides is 1. The molecule has 0 bridgehead atoms. The number of aryl methyl sites for hydroxylation is 1. The first-order valence-electron chi connectivity index (χ1n) is 8.76. The van der Waals surface area contributed by atoms with E-state index in [0.717, 1.165) is 45.8 Å². The van der Waals surface area contributed by atoms with Gasteiger partial charge in [-0.25, -0.2) is 4.39 Å². The van der Waals surface area contributed by atoms with Crippen LogP contribution in [0.15, 0.2) is 18.2 Å². The van der Waals surface area contributed by atoms with Gasteiger partial charge in [-0.05, 0) is 43.7 Å². The molecule has 2 aliphatic heterocycles. The monoisotopic (exact) mass is 334 g/mol. The second kappa shape index (κ2) is 6.81. The molecule has 4 nitrogen and oxygen atoms in total. The summed E-state index contributed by atoms with van der Waals surface area (Å²) in [5.74, 6) is 0.196. The Kier molecular flexibility index (Phi) is 4.92. The second-order valence-corrected chi connectivity index (χ2v) is 7.28. The summed E-state index contributed by atoms with van der Waals surface area (Å²) in [5, 5.41) is 0. The van der Waals surface area contributed by atoms with Gasteiger partial charge in [0, 0.05) is 50.2 Å². The minimum Gasteiger partial charge on any atom is -0.384 e. The van der Waals surface area contributed by atoms with Crippen LogP contribution in [0.25, 0.3) is 0 Å². The lowest BCUT2D eigenvalue weighted by molar-refractivity contribution is 0.0715. The van der Waals surface area contributed by atoms with E-state index in [0.29, 0.717) is 17.0 Å². The molecule has 1 amide bonds. The van der Waals surface area contributed by atoms with Crippen LogP contribution in [0, 0.1) is 24.1 Å². The van der Waals surface area contributed by atoms with Gasteiger partial charge in [-0.2, -0.15) is 0 Å². The molecule has 132 valence electrons. The van der Waals surface area contributed by atoms with Gasteiger partial charge < -0.3 is 14.5 Å². The summed E-state index contributed by atoms with van der Waals surface area (Å²) >= 11 is 0. The fourth-order valence-electron chi connectivity index (χ4n) is 4.38. The van der Waals surface area contributed by atoms with Gasteiger partial charge in [0.25, 0.3) is 5.91 Å². The Morgan fingerprint density at radius 3 is 2.88 bits per heavy atom. The van der Waals surface area contributed by atoms with Crippen LogP contribution in [0.4, 0.5) is 4.39 Å². The molecule has 0 unspecified atom stereocenters. The summed E-state index contributed by atoms with van der Waals surface area (Å²) in [6, 6.07) is 4.41. The average Bonchev–Trinajstić information content (AvgIpc) is 3.13. The van der Waals surface area contributed by atoms with E-state index < -0.39 is 0 Å². The molecule has 0 N–H and O–H groups in total. The Morgan fingerprint density at radius 1 is 1.42 bits per heavy atom. The number of ether oxygens (including phenoxy) is 1. The van der Waals surface area contributed by atoms with Crippen molar-refractivity contribution in [1.29, 1.82) is 0 Å². The zero-order valence-electron chi connectivity index (χ0n) is 14.8. The van der Waals surface area contributed by atoms with Crippen molar-refractivity contribution in [1.82, 2.24) is 9.80 Å². The molecule has 0 saturated carbocycles. The highest BCUT2D eigenvalue weighted by atomic mass is 19.1. The Morgan fingerprint density at radius 2 is 2.21 bits per heavy atom. The molecular weight excluding hydrogens is 307 g/mol. The number of halogens is 1. The van der Waals surface area contributed by atoms with E-state index in [1.54, 1.807) is 20.1 Å². The molecule has 2 aliphatic rings. The van der Waals surface area contributed by atoms with Gasteiger partial charge in [-0.15, -0.1) is 0 Å². The largest absolute Gasteiger partial charge is 0.384 e. The summed E-state index contributed by atoms with van der Waals surface area (Å²) in [4.78, 5) is 17.3. The lowest BCUT2D eigenvalue weighted by Gasteiger charge is -2.30. The first kappa shape index (κ1) is 17.4. The minimum atomic E-state index is -0.295. The topological polar surface area (TPSA) is 32.8 Å². The number of nitrogens with zero attached hydrogens (tertiary/aromatic N) is 2. The van der Waals surface area contributed by atoms with Crippen LogP contribution in [-0.2, 0) is 4.74 Å². The number of hydrogen-bond acceptors (Lipinski definition) is 3. The van der Waals surface area contributed by atoms with Crippen molar-refractivity contribution < 1.29 is 13.9 Å². The minimum absolute atomic E-state index is 0.0236. The molecule has 1 spiro atoms. The van der Waals surface area contributed by atoms with E-state index in [4.69, 9.17) is 4.74 Å². The van der Waals surface area contributed by atoms with Crippen LogP contribution in [0.5, 0.6) is 0 Å². The fourth-order valence-corrected chi connectivity index (χ4v) is 4.38. The lowest BCUT2D eigenvalue weighted by Crippen LogP contribution is -2.38. The molecule has 5 heteroatoms. The second-order valence-electron chi connectivity index (χ2n) is 7.28. The summed E-state index contributed by atoms with van der Waals surface area (Å²) in [5.41, 5.74) is 1.45. The Balaban J connectivity index is 1.77. The van der Waals surface area contributed by atoms with E-state index in [1.165, 1.54) is 12.1 Å². The van der Waals surface area contributed by atoms with Crippen LogP contribution in [-0.4, -0.2) is 62.1 Å². The molecule has 2 atom stereocenters. The van der Waals surface area contributed by atoms with Crippen LogP contribution >= 0.6 is 0 Å². The highest BCUT2D eigenvalue weighted by Gasteiger charge is 2.50.